The van der Waals surface area contributed by atoms with E-state index in [9.17, 15) is 9.18 Å². The van der Waals surface area contributed by atoms with Crippen LogP contribution in [0.15, 0.2) is 41.8 Å². The van der Waals surface area contributed by atoms with Crippen LogP contribution in [0.1, 0.15) is 6.92 Å². The van der Waals surface area contributed by atoms with Crippen molar-refractivity contribution < 1.29 is 9.18 Å². The van der Waals surface area contributed by atoms with Gasteiger partial charge < -0.3 is 10.6 Å². The molecule has 0 aliphatic heterocycles. The molecule has 0 aliphatic rings. The number of amides is 2. The van der Waals surface area contributed by atoms with E-state index in [1.807, 2.05) is 6.92 Å². The zero-order valence-electron chi connectivity index (χ0n) is 12.2. The smallest absolute Gasteiger partial charge is 0.315 e. The summed E-state index contributed by atoms with van der Waals surface area (Å²) in [7, 11) is 0. The Morgan fingerprint density at radius 1 is 1.45 bits per heavy atom. The summed E-state index contributed by atoms with van der Waals surface area (Å²) in [5, 5.41) is 9.53. The molecule has 2 amide bonds. The molecule has 0 spiro atoms. The van der Waals surface area contributed by atoms with Crippen molar-refractivity contribution in [2.24, 2.45) is 0 Å². The van der Waals surface area contributed by atoms with Gasteiger partial charge in [-0.25, -0.2) is 14.2 Å². The SMILES string of the molecule is C[C@@H](Cn1cncn1)NC(=O)NCCSc1ccccc1F. The Hall–Kier alpha value is -2.09. The molecule has 0 saturated carbocycles. The third kappa shape index (κ3) is 5.36. The average molecular weight is 323 g/mol. The Morgan fingerprint density at radius 2 is 2.27 bits per heavy atom. The van der Waals surface area contributed by atoms with E-state index in [1.54, 1.807) is 29.2 Å². The maximum Gasteiger partial charge on any atom is 0.315 e. The molecule has 2 N–H and O–H groups in total. The highest BCUT2D eigenvalue weighted by Gasteiger charge is 2.08. The Morgan fingerprint density at radius 3 is 3.00 bits per heavy atom. The summed E-state index contributed by atoms with van der Waals surface area (Å²) in [6.45, 7) is 2.90. The first-order valence-corrected chi connectivity index (χ1v) is 7.88. The lowest BCUT2D eigenvalue weighted by Crippen LogP contribution is -2.43. The van der Waals surface area contributed by atoms with Gasteiger partial charge in [-0.15, -0.1) is 11.8 Å². The van der Waals surface area contributed by atoms with E-state index >= 15 is 0 Å². The lowest BCUT2D eigenvalue weighted by Gasteiger charge is -2.14. The molecule has 0 radical (unpaired) electrons. The van der Waals surface area contributed by atoms with E-state index in [4.69, 9.17) is 0 Å². The number of thioether (sulfide) groups is 1. The molecule has 1 aromatic carbocycles. The van der Waals surface area contributed by atoms with Crippen molar-refractivity contribution in [2.45, 2.75) is 24.4 Å². The Bertz CT molecular complexity index is 593. The fraction of sp³-hybridized carbons (Fsp3) is 0.357. The second kappa shape index (κ2) is 8.38. The lowest BCUT2D eigenvalue weighted by molar-refractivity contribution is 0.237. The number of nitrogens with zero attached hydrogens (tertiary/aromatic N) is 3. The molecule has 0 aliphatic carbocycles. The van der Waals surface area contributed by atoms with Crippen LogP contribution in [0.5, 0.6) is 0 Å². The number of hydrogen-bond donors (Lipinski definition) is 2. The molecule has 2 rings (SSSR count). The maximum atomic E-state index is 13.4. The van der Waals surface area contributed by atoms with Gasteiger partial charge in [0.25, 0.3) is 0 Å². The summed E-state index contributed by atoms with van der Waals surface area (Å²) in [4.78, 5) is 16.1. The largest absolute Gasteiger partial charge is 0.337 e. The van der Waals surface area contributed by atoms with Crippen molar-refractivity contribution in [3.63, 3.8) is 0 Å². The van der Waals surface area contributed by atoms with Gasteiger partial charge in [-0.3, -0.25) is 4.68 Å². The summed E-state index contributed by atoms with van der Waals surface area (Å²) >= 11 is 1.37. The van der Waals surface area contributed by atoms with Gasteiger partial charge in [-0.2, -0.15) is 5.10 Å². The van der Waals surface area contributed by atoms with Crippen LogP contribution in [0.25, 0.3) is 0 Å². The zero-order valence-corrected chi connectivity index (χ0v) is 13.0. The first-order valence-electron chi connectivity index (χ1n) is 6.89. The fourth-order valence-electron chi connectivity index (χ4n) is 1.82. The van der Waals surface area contributed by atoms with E-state index in [1.165, 1.54) is 24.2 Å². The number of carbonyl (C=O) groups is 1. The molecular formula is C14H18FN5OS. The van der Waals surface area contributed by atoms with Gasteiger partial charge in [-0.1, -0.05) is 12.1 Å². The second-order valence-electron chi connectivity index (χ2n) is 4.70. The number of halogens is 1. The minimum Gasteiger partial charge on any atom is -0.337 e. The van der Waals surface area contributed by atoms with E-state index in [0.29, 0.717) is 23.7 Å². The van der Waals surface area contributed by atoms with Crippen molar-refractivity contribution in [2.75, 3.05) is 12.3 Å². The van der Waals surface area contributed by atoms with Crippen LogP contribution in [0.4, 0.5) is 9.18 Å². The zero-order chi connectivity index (χ0) is 15.8. The predicted molar refractivity (Wildman–Crippen MR) is 83.1 cm³/mol. The average Bonchev–Trinajstić information content (AvgIpc) is 2.98. The topological polar surface area (TPSA) is 71.8 Å². The molecule has 8 heteroatoms. The van der Waals surface area contributed by atoms with E-state index < -0.39 is 0 Å². The first kappa shape index (κ1) is 16.3. The highest BCUT2D eigenvalue weighted by atomic mass is 32.2. The Balaban J connectivity index is 1.62. The molecule has 0 saturated heterocycles. The standard InChI is InChI=1S/C14H18FN5OS/c1-11(8-20-10-16-9-18-20)19-14(21)17-6-7-22-13-5-3-2-4-12(13)15/h2-5,9-11H,6-8H2,1H3,(H2,17,19,21)/t11-/m0/s1. The van der Waals surface area contributed by atoms with Crippen molar-refractivity contribution in [3.8, 4) is 0 Å². The molecule has 0 fully saturated rings. The molecule has 1 aromatic heterocycles. The third-order valence-corrected chi connectivity index (χ3v) is 3.84. The number of benzene rings is 1. The number of rotatable bonds is 7. The fourth-order valence-corrected chi connectivity index (χ4v) is 2.62. The molecule has 1 atom stereocenters. The van der Waals surface area contributed by atoms with E-state index in [-0.39, 0.29) is 17.9 Å². The first-order chi connectivity index (χ1) is 10.6. The van der Waals surface area contributed by atoms with Gasteiger partial charge in [0.05, 0.1) is 6.54 Å². The highest BCUT2D eigenvalue weighted by molar-refractivity contribution is 7.99. The van der Waals surface area contributed by atoms with Gasteiger partial charge in [0, 0.05) is 23.2 Å². The molecule has 2 aromatic rings. The third-order valence-electron chi connectivity index (χ3n) is 2.79. The van der Waals surface area contributed by atoms with Gasteiger partial charge in [0.15, 0.2) is 0 Å². The van der Waals surface area contributed by atoms with Crippen molar-refractivity contribution >= 4 is 17.8 Å². The second-order valence-corrected chi connectivity index (χ2v) is 5.83. The Labute approximate surface area is 132 Å². The highest BCUT2D eigenvalue weighted by Crippen LogP contribution is 2.20. The summed E-state index contributed by atoms with van der Waals surface area (Å²) in [5.74, 6) is 0.365. The summed E-state index contributed by atoms with van der Waals surface area (Å²) < 4.78 is 15.0. The molecular weight excluding hydrogens is 305 g/mol. The van der Waals surface area contributed by atoms with Crippen LogP contribution in [-0.4, -0.2) is 39.1 Å². The quantitative estimate of drug-likeness (QED) is 0.603. The lowest BCUT2D eigenvalue weighted by atomic mass is 10.3. The Kier molecular flexibility index (Phi) is 6.20. The van der Waals surface area contributed by atoms with Crippen LogP contribution in [-0.2, 0) is 6.54 Å². The van der Waals surface area contributed by atoms with Crippen LogP contribution < -0.4 is 10.6 Å². The number of nitrogens with one attached hydrogen (secondary N) is 2. The number of aromatic nitrogens is 3. The summed E-state index contributed by atoms with van der Waals surface area (Å²) in [6.07, 6.45) is 3.05. The predicted octanol–water partition coefficient (Wildman–Crippen LogP) is 1.90. The number of carbonyl (C=O) groups excluding carboxylic acids is 1. The van der Waals surface area contributed by atoms with Gasteiger partial charge in [0.2, 0.25) is 0 Å². The molecule has 118 valence electrons. The van der Waals surface area contributed by atoms with E-state index in [2.05, 4.69) is 20.7 Å². The van der Waals surface area contributed by atoms with Gasteiger partial charge in [0.1, 0.15) is 18.5 Å². The van der Waals surface area contributed by atoms with Gasteiger partial charge in [-0.05, 0) is 19.1 Å². The van der Waals surface area contributed by atoms with E-state index in [0.717, 1.165) is 0 Å². The molecule has 22 heavy (non-hydrogen) atoms. The summed E-state index contributed by atoms with van der Waals surface area (Å²) in [6, 6.07) is 6.27. The van der Waals surface area contributed by atoms with Crippen molar-refractivity contribution in [1.82, 2.24) is 25.4 Å². The van der Waals surface area contributed by atoms with Crippen LogP contribution >= 0.6 is 11.8 Å². The molecule has 6 nitrogen and oxygen atoms in total. The minimum atomic E-state index is -0.248. The molecule has 0 unspecified atom stereocenters. The molecule has 0 bridgehead atoms. The summed E-state index contributed by atoms with van der Waals surface area (Å²) in [5.41, 5.74) is 0. The monoisotopic (exact) mass is 323 g/mol. The number of urea groups is 1. The van der Waals surface area contributed by atoms with Crippen LogP contribution in [0.3, 0.4) is 0 Å². The van der Waals surface area contributed by atoms with Gasteiger partial charge >= 0.3 is 6.03 Å². The molecule has 1 heterocycles. The maximum absolute atomic E-state index is 13.4. The minimum absolute atomic E-state index is 0.0686. The number of hydrogen-bond acceptors (Lipinski definition) is 4. The van der Waals surface area contributed by atoms with Crippen LogP contribution in [0, 0.1) is 5.82 Å². The van der Waals surface area contributed by atoms with Crippen molar-refractivity contribution in [1.29, 1.82) is 0 Å². The van der Waals surface area contributed by atoms with Crippen molar-refractivity contribution in [3.05, 3.63) is 42.7 Å². The normalized spacial score (nSPS) is 11.9. The van der Waals surface area contributed by atoms with Crippen LogP contribution in [0.2, 0.25) is 0 Å².